The number of benzene rings is 12. The van der Waals surface area contributed by atoms with Crippen LogP contribution in [-0.2, 0) is 0 Å². The van der Waals surface area contributed by atoms with Crippen LogP contribution in [0.4, 0.5) is 0 Å². The Labute approximate surface area is 446 Å². The van der Waals surface area contributed by atoms with Crippen molar-refractivity contribution in [2.45, 2.75) is 0 Å². The number of aromatic nitrogens is 4. The highest BCUT2D eigenvalue weighted by Crippen LogP contribution is 2.47. The van der Waals surface area contributed by atoms with E-state index < -0.39 is 0 Å². The molecule has 0 aliphatic heterocycles. The molecule has 5 heterocycles. The molecule has 5 heteroatoms. The molecule has 0 atom stereocenters. The number of para-hydroxylation sites is 6. The third-order valence-electron chi connectivity index (χ3n) is 16.3. The predicted octanol–water partition coefficient (Wildman–Crippen LogP) is 19.8. The third kappa shape index (κ3) is 6.09. The van der Waals surface area contributed by atoms with Gasteiger partial charge in [0.2, 0.25) is 0 Å². The second kappa shape index (κ2) is 16.3. The topological polar surface area (TPSA) is 19.7 Å². The van der Waals surface area contributed by atoms with E-state index in [2.05, 4.69) is 285 Å². The maximum atomic E-state index is 2.49. The highest BCUT2D eigenvalue weighted by atomic mass is 32.1. The van der Waals surface area contributed by atoms with E-state index in [9.17, 15) is 0 Å². The Morgan fingerprint density at radius 1 is 0.234 bits per heavy atom. The highest BCUT2D eigenvalue weighted by Gasteiger charge is 2.24. The van der Waals surface area contributed by atoms with Crippen LogP contribution < -0.4 is 0 Å². The predicted molar refractivity (Wildman–Crippen MR) is 328 cm³/mol. The van der Waals surface area contributed by atoms with Gasteiger partial charge in [0.05, 0.1) is 44.1 Å². The van der Waals surface area contributed by atoms with Crippen molar-refractivity contribution in [2.75, 3.05) is 0 Å². The van der Waals surface area contributed by atoms with Gasteiger partial charge in [-0.05, 0) is 126 Å². The van der Waals surface area contributed by atoms with E-state index >= 15 is 0 Å². The van der Waals surface area contributed by atoms with Crippen LogP contribution in [0.25, 0.3) is 152 Å². The number of hydrogen-bond donors (Lipinski definition) is 0. The van der Waals surface area contributed by atoms with Gasteiger partial charge in [-0.1, -0.05) is 158 Å². The standard InChI is InChI=1S/C72H44N4S/c1-4-19-45(20-5-1)57-42-47(46-21-18-26-50(41-46)74-62-33-16-12-29-55(62)69-65(74)39-38-64-68(69)54-28-11-15-32-61(54)73(64)48-22-6-2-7-23-48)43-59-58-44-51(35-40-67(58)77-72(57)59)75-63-34-17-13-30-56(63)70-66(75)37-36-53-52-27-10-14-31-60(52)76(71(53)70)49-24-8-3-9-25-49/h1-44H. The molecule has 17 rings (SSSR count). The number of thiophene rings is 1. The minimum absolute atomic E-state index is 1.13. The molecule has 0 aliphatic rings. The molecule has 358 valence electrons. The summed E-state index contributed by atoms with van der Waals surface area (Å²) in [6.07, 6.45) is 0. The summed E-state index contributed by atoms with van der Waals surface area (Å²) in [4.78, 5) is 0. The van der Waals surface area contributed by atoms with Crippen LogP contribution in [0, 0.1) is 0 Å². The molecular formula is C72H44N4S. The lowest BCUT2D eigenvalue weighted by Crippen LogP contribution is -1.95. The molecular weight excluding hydrogens is 953 g/mol. The molecule has 0 saturated heterocycles. The Bertz CT molecular complexity index is 5260. The number of rotatable bonds is 6. The van der Waals surface area contributed by atoms with Gasteiger partial charge in [0.25, 0.3) is 0 Å². The molecule has 4 nitrogen and oxygen atoms in total. The largest absolute Gasteiger partial charge is 0.309 e. The molecule has 0 aliphatic carbocycles. The first-order chi connectivity index (χ1) is 38.2. The quantitative estimate of drug-likeness (QED) is 0.158. The van der Waals surface area contributed by atoms with Crippen molar-refractivity contribution >= 4 is 119 Å². The summed E-state index contributed by atoms with van der Waals surface area (Å²) >= 11 is 1.89. The SMILES string of the molecule is c1ccc(-c2cc(-c3cccc(-n4c5ccccc5c5c6c7ccccc7n(-c7ccccc7)c6ccc54)c3)cc3c2sc2ccc(-n4c5ccccc5c5c4ccc4c6ccccc6n(-c6ccccc6)c45)cc23)cc1. The molecule has 0 spiro atoms. The molecule has 0 amide bonds. The molecule has 0 N–H and O–H groups in total. The summed E-state index contributed by atoms with van der Waals surface area (Å²) < 4.78 is 12.4. The maximum Gasteiger partial charge on any atom is 0.0641 e. The van der Waals surface area contributed by atoms with Gasteiger partial charge in [-0.15, -0.1) is 11.3 Å². The van der Waals surface area contributed by atoms with Crippen molar-refractivity contribution < 1.29 is 0 Å². The van der Waals surface area contributed by atoms with E-state index in [1.807, 2.05) is 11.3 Å². The first-order valence-electron chi connectivity index (χ1n) is 26.4. The average Bonchev–Trinajstić information content (AvgIpc) is 4.50. The summed E-state index contributed by atoms with van der Waals surface area (Å²) in [5.74, 6) is 0. The van der Waals surface area contributed by atoms with Crippen LogP contribution in [0.5, 0.6) is 0 Å². The molecule has 5 aromatic heterocycles. The lowest BCUT2D eigenvalue weighted by atomic mass is 9.95. The van der Waals surface area contributed by atoms with Crippen LogP contribution in [0.15, 0.2) is 267 Å². The van der Waals surface area contributed by atoms with Crippen LogP contribution in [-0.4, -0.2) is 18.3 Å². The van der Waals surface area contributed by atoms with Crippen molar-refractivity contribution in [3.8, 4) is 45.0 Å². The van der Waals surface area contributed by atoms with Crippen LogP contribution in [0.1, 0.15) is 0 Å². The van der Waals surface area contributed by atoms with E-state index in [0.717, 1.165) is 22.7 Å². The number of hydrogen-bond acceptors (Lipinski definition) is 1. The number of fused-ring (bicyclic) bond motifs is 17. The van der Waals surface area contributed by atoms with Crippen molar-refractivity contribution in [1.82, 2.24) is 18.3 Å². The molecule has 12 aromatic carbocycles. The van der Waals surface area contributed by atoms with Crippen LogP contribution >= 0.6 is 11.3 Å². The average molecular weight is 997 g/mol. The lowest BCUT2D eigenvalue weighted by Gasteiger charge is -2.13. The van der Waals surface area contributed by atoms with Gasteiger partial charge in [0.1, 0.15) is 0 Å². The van der Waals surface area contributed by atoms with Gasteiger partial charge in [-0.3, -0.25) is 0 Å². The lowest BCUT2D eigenvalue weighted by molar-refractivity contribution is 1.17. The number of nitrogens with zero attached hydrogens (tertiary/aromatic N) is 4. The molecule has 77 heavy (non-hydrogen) atoms. The molecule has 0 fully saturated rings. The summed E-state index contributed by atoms with van der Waals surface area (Å²) in [5.41, 5.74) is 19.0. The van der Waals surface area contributed by atoms with E-state index in [1.54, 1.807) is 0 Å². The Hall–Kier alpha value is -9.94. The van der Waals surface area contributed by atoms with Gasteiger partial charge in [0.15, 0.2) is 0 Å². The Morgan fingerprint density at radius 2 is 0.701 bits per heavy atom. The first kappa shape index (κ1) is 42.4. The zero-order chi connectivity index (χ0) is 50.3. The molecule has 0 bridgehead atoms. The van der Waals surface area contributed by atoms with Gasteiger partial charge in [0, 0.05) is 91.6 Å². The minimum Gasteiger partial charge on any atom is -0.309 e. The van der Waals surface area contributed by atoms with Crippen molar-refractivity contribution in [1.29, 1.82) is 0 Å². The van der Waals surface area contributed by atoms with Crippen molar-refractivity contribution in [2.24, 2.45) is 0 Å². The smallest absolute Gasteiger partial charge is 0.0641 e. The highest BCUT2D eigenvalue weighted by molar-refractivity contribution is 7.26. The van der Waals surface area contributed by atoms with Gasteiger partial charge >= 0.3 is 0 Å². The zero-order valence-electron chi connectivity index (χ0n) is 41.6. The summed E-state index contributed by atoms with van der Waals surface area (Å²) in [6.45, 7) is 0. The Morgan fingerprint density at radius 3 is 1.34 bits per heavy atom. The van der Waals surface area contributed by atoms with E-state index in [4.69, 9.17) is 0 Å². The summed E-state index contributed by atoms with van der Waals surface area (Å²) in [7, 11) is 0. The maximum absolute atomic E-state index is 2.49. The van der Waals surface area contributed by atoms with Gasteiger partial charge < -0.3 is 18.3 Å². The summed E-state index contributed by atoms with van der Waals surface area (Å²) in [5, 5.41) is 12.6. The Kier molecular flexibility index (Phi) is 8.97. The van der Waals surface area contributed by atoms with Crippen molar-refractivity contribution in [3.05, 3.63) is 267 Å². The summed E-state index contributed by atoms with van der Waals surface area (Å²) in [6, 6.07) is 98.6. The molecule has 0 unspecified atom stereocenters. The van der Waals surface area contributed by atoms with E-state index in [-0.39, 0.29) is 0 Å². The van der Waals surface area contributed by atoms with Gasteiger partial charge in [-0.2, -0.15) is 0 Å². The monoisotopic (exact) mass is 996 g/mol. The van der Waals surface area contributed by atoms with E-state index in [0.29, 0.717) is 0 Å². The third-order valence-corrected chi connectivity index (χ3v) is 17.5. The second-order valence-corrected chi connectivity index (χ2v) is 21.4. The Balaban J connectivity index is 0.879. The van der Waals surface area contributed by atoms with E-state index in [1.165, 1.54) is 130 Å². The first-order valence-corrected chi connectivity index (χ1v) is 27.2. The second-order valence-electron chi connectivity index (χ2n) is 20.4. The normalized spacial score (nSPS) is 12.2. The molecule has 17 aromatic rings. The zero-order valence-corrected chi connectivity index (χ0v) is 42.4. The van der Waals surface area contributed by atoms with Crippen LogP contribution in [0.3, 0.4) is 0 Å². The fourth-order valence-corrected chi connectivity index (χ4v) is 14.3. The molecule has 0 saturated carbocycles. The van der Waals surface area contributed by atoms with Crippen LogP contribution in [0.2, 0.25) is 0 Å². The fraction of sp³-hybridized carbons (Fsp3) is 0. The fourth-order valence-electron chi connectivity index (χ4n) is 13.1. The molecule has 0 radical (unpaired) electrons. The van der Waals surface area contributed by atoms with Crippen molar-refractivity contribution in [3.63, 3.8) is 0 Å². The minimum atomic E-state index is 1.13. The van der Waals surface area contributed by atoms with Gasteiger partial charge in [-0.25, -0.2) is 0 Å².